The molecule has 1 fully saturated rings. The Kier molecular flexibility index (Phi) is 7.00. The molecule has 7 heteroatoms. The fourth-order valence-corrected chi connectivity index (χ4v) is 3.22. The zero-order chi connectivity index (χ0) is 19.0. The summed E-state index contributed by atoms with van der Waals surface area (Å²) < 4.78 is 0. The van der Waals surface area contributed by atoms with E-state index < -0.39 is 11.5 Å². The van der Waals surface area contributed by atoms with E-state index in [1.165, 1.54) is 4.90 Å². The first-order valence-corrected chi connectivity index (χ1v) is 9.00. The van der Waals surface area contributed by atoms with Crippen molar-refractivity contribution in [1.82, 2.24) is 15.5 Å². The van der Waals surface area contributed by atoms with E-state index >= 15 is 0 Å². The van der Waals surface area contributed by atoms with Crippen LogP contribution in [0, 0.1) is 0 Å². The molecule has 1 aliphatic carbocycles. The topological polar surface area (TPSA) is 98.7 Å². The number of benzene rings is 1. The maximum absolute atomic E-state index is 12.1. The van der Waals surface area contributed by atoms with Gasteiger partial charge in [-0.2, -0.15) is 0 Å². The zero-order valence-corrected chi connectivity index (χ0v) is 15.2. The highest BCUT2D eigenvalue weighted by Gasteiger charge is 2.40. The number of nitrogens with one attached hydrogen (secondary N) is 2. The van der Waals surface area contributed by atoms with E-state index in [4.69, 9.17) is 0 Å². The molecule has 0 atom stereocenters. The van der Waals surface area contributed by atoms with Crippen molar-refractivity contribution in [3.63, 3.8) is 0 Å². The fraction of sp³-hybridized carbons (Fsp3) is 0.526. The minimum atomic E-state index is -1.15. The smallest absolute Gasteiger partial charge is 0.329 e. The number of carboxylic acid groups (broad SMARTS) is 1. The van der Waals surface area contributed by atoms with Crippen LogP contribution in [0.3, 0.4) is 0 Å². The molecule has 0 aliphatic heterocycles. The lowest BCUT2D eigenvalue weighted by Crippen LogP contribution is -2.56. The third kappa shape index (κ3) is 5.47. The number of hydrogen-bond acceptors (Lipinski definition) is 3. The summed E-state index contributed by atoms with van der Waals surface area (Å²) in [4.78, 5) is 37.3. The van der Waals surface area contributed by atoms with Crippen molar-refractivity contribution in [3.8, 4) is 0 Å². The largest absolute Gasteiger partial charge is 0.480 e. The highest BCUT2D eigenvalue weighted by Crippen LogP contribution is 2.28. The number of urea groups is 1. The van der Waals surface area contributed by atoms with E-state index in [9.17, 15) is 19.5 Å². The van der Waals surface area contributed by atoms with Crippen molar-refractivity contribution in [2.75, 3.05) is 13.6 Å². The van der Waals surface area contributed by atoms with Crippen LogP contribution in [0.5, 0.6) is 0 Å². The van der Waals surface area contributed by atoms with Crippen LogP contribution in [0.25, 0.3) is 0 Å². The Balaban J connectivity index is 1.75. The summed E-state index contributed by atoms with van der Waals surface area (Å²) in [5.41, 5.74) is -0.132. The van der Waals surface area contributed by atoms with Gasteiger partial charge in [0.15, 0.2) is 0 Å². The summed E-state index contributed by atoms with van der Waals surface area (Å²) >= 11 is 0. The molecule has 3 N–H and O–H groups in total. The maximum atomic E-state index is 12.1. The third-order valence-electron chi connectivity index (χ3n) is 4.73. The van der Waals surface area contributed by atoms with Gasteiger partial charge in [0.2, 0.25) is 5.91 Å². The lowest BCUT2D eigenvalue weighted by molar-refractivity contribution is -0.149. The summed E-state index contributed by atoms with van der Waals surface area (Å²) in [6.07, 6.45) is 3.57. The monoisotopic (exact) mass is 361 g/mol. The van der Waals surface area contributed by atoms with Crippen LogP contribution in [0.2, 0.25) is 0 Å². The van der Waals surface area contributed by atoms with Crippen LogP contribution >= 0.6 is 0 Å². The van der Waals surface area contributed by atoms with Crippen molar-refractivity contribution in [1.29, 1.82) is 0 Å². The second kappa shape index (κ2) is 9.22. The summed E-state index contributed by atoms with van der Waals surface area (Å²) in [7, 11) is 1.68. The van der Waals surface area contributed by atoms with Crippen LogP contribution in [0.15, 0.2) is 30.3 Å². The van der Waals surface area contributed by atoms with Crippen LogP contribution in [0.1, 0.15) is 44.1 Å². The molecule has 1 saturated carbocycles. The minimum absolute atomic E-state index is 0.0555. The molecule has 1 aromatic rings. The number of rotatable bonds is 7. The molecule has 26 heavy (non-hydrogen) atoms. The summed E-state index contributed by atoms with van der Waals surface area (Å²) in [5.74, 6) is -1.32. The number of amides is 3. The summed E-state index contributed by atoms with van der Waals surface area (Å²) in [6.45, 7) is 0.639. The van der Waals surface area contributed by atoms with Crippen LogP contribution in [-0.2, 0) is 16.1 Å². The SMILES string of the molecule is CN(Cc1ccccc1)C(=O)NCCC(=O)NC1(C(=O)O)CCCCC1. The first-order chi connectivity index (χ1) is 12.4. The Hall–Kier alpha value is -2.57. The molecule has 3 amide bonds. The molecule has 7 nitrogen and oxygen atoms in total. The van der Waals surface area contributed by atoms with Gasteiger partial charge in [0, 0.05) is 26.6 Å². The number of carboxylic acids is 1. The van der Waals surface area contributed by atoms with Gasteiger partial charge in [-0.3, -0.25) is 4.79 Å². The average Bonchev–Trinajstić information content (AvgIpc) is 2.63. The van der Waals surface area contributed by atoms with Gasteiger partial charge in [0.25, 0.3) is 0 Å². The first kappa shape index (κ1) is 19.8. The number of hydrogen-bond donors (Lipinski definition) is 3. The van der Waals surface area contributed by atoms with Gasteiger partial charge in [-0.05, 0) is 18.4 Å². The lowest BCUT2D eigenvalue weighted by Gasteiger charge is -2.34. The van der Waals surface area contributed by atoms with Crippen LogP contribution < -0.4 is 10.6 Å². The van der Waals surface area contributed by atoms with Crippen LogP contribution in [-0.4, -0.2) is 47.0 Å². The summed E-state index contributed by atoms with van der Waals surface area (Å²) in [6, 6.07) is 9.34. The van der Waals surface area contributed by atoms with Gasteiger partial charge in [0.1, 0.15) is 5.54 Å². The van der Waals surface area contributed by atoms with Crippen molar-refractivity contribution < 1.29 is 19.5 Å². The van der Waals surface area contributed by atoms with Crippen molar-refractivity contribution in [2.24, 2.45) is 0 Å². The van der Waals surface area contributed by atoms with Crippen molar-refractivity contribution in [2.45, 2.75) is 50.6 Å². The highest BCUT2D eigenvalue weighted by atomic mass is 16.4. The molecular formula is C19H27N3O4. The van der Waals surface area contributed by atoms with E-state index in [1.54, 1.807) is 7.05 Å². The minimum Gasteiger partial charge on any atom is -0.480 e. The Morgan fingerprint density at radius 2 is 1.77 bits per heavy atom. The second-order valence-electron chi connectivity index (χ2n) is 6.82. The standard InChI is InChI=1S/C19H27N3O4/c1-22(14-15-8-4-2-5-9-15)18(26)20-13-10-16(23)21-19(17(24)25)11-6-3-7-12-19/h2,4-5,8-9H,3,6-7,10-14H2,1H3,(H,20,26)(H,21,23)(H,24,25). The van der Waals surface area contributed by atoms with Gasteiger partial charge in [-0.1, -0.05) is 49.6 Å². The van der Waals surface area contributed by atoms with Crippen LogP contribution in [0.4, 0.5) is 4.79 Å². The molecule has 0 spiro atoms. The van der Waals surface area contributed by atoms with E-state index in [-0.39, 0.29) is 24.9 Å². The molecule has 142 valence electrons. The number of aliphatic carboxylic acids is 1. The van der Waals surface area contributed by atoms with E-state index in [2.05, 4.69) is 10.6 Å². The molecule has 1 aromatic carbocycles. The predicted octanol–water partition coefficient (Wildman–Crippen LogP) is 2.12. The number of carbonyl (C=O) groups is 3. The molecule has 0 unspecified atom stereocenters. The maximum Gasteiger partial charge on any atom is 0.329 e. The molecular weight excluding hydrogens is 334 g/mol. The Bertz CT molecular complexity index is 627. The van der Waals surface area contributed by atoms with Gasteiger partial charge >= 0.3 is 12.0 Å². The number of carbonyl (C=O) groups excluding carboxylic acids is 2. The Labute approximate surface area is 153 Å². The van der Waals surface area contributed by atoms with E-state index in [1.807, 2.05) is 30.3 Å². The van der Waals surface area contributed by atoms with E-state index in [0.29, 0.717) is 19.4 Å². The lowest BCUT2D eigenvalue weighted by atomic mass is 9.81. The number of nitrogens with zero attached hydrogens (tertiary/aromatic N) is 1. The fourth-order valence-electron chi connectivity index (χ4n) is 3.22. The Morgan fingerprint density at radius 1 is 1.12 bits per heavy atom. The molecule has 2 rings (SSSR count). The normalized spacial score (nSPS) is 15.7. The highest BCUT2D eigenvalue weighted by molar-refractivity contribution is 5.87. The Morgan fingerprint density at radius 3 is 2.38 bits per heavy atom. The summed E-state index contributed by atoms with van der Waals surface area (Å²) in [5, 5.41) is 14.8. The predicted molar refractivity (Wildman–Crippen MR) is 97.5 cm³/mol. The van der Waals surface area contributed by atoms with E-state index in [0.717, 1.165) is 24.8 Å². The van der Waals surface area contributed by atoms with Crippen molar-refractivity contribution >= 4 is 17.9 Å². The molecule has 0 bridgehead atoms. The quantitative estimate of drug-likeness (QED) is 0.693. The molecule has 0 aromatic heterocycles. The molecule has 0 radical (unpaired) electrons. The molecule has 0 saturated heterocycles. The average molecular weight is 361 g/mol. The zero-order valence-electron chi connectivity index (χ0n) is 15.2. The first-order valence-electron chi connectivity index (χ1n) is 9.00. The van der Waals surface area contributed by atoms with Gasteiger partial charge in [0.05, 0.1) is 0 Å². The molecule has 0 heterocycles. The van der Waals surface area contributed by atoms with Gasteiger partial charge < -0.3 is 20.6 Å². The molecule has 1 aliphatic rings. The third-order valence-corrected chi connectivity index (χ3v) is 4.73. The van der Waals surface area contributed by atoms with Gasteiger partial charge in [-0.25, -0.2) is 9.59 Å². The van der Waals surface area contributed by atoms with Crippen molar-refractivity contribution in [3.05, 3.63) is 35.9 Å². The second-order valence-corrected chi connectivity index (χ2v) is 6.82. The van der Waals surface area contributed by atoms with Gasteiger partial charge in [-0.15, -0.1) is 0 Å².